The third-order valence-corrected chi connectivity index (χ3v) is 0.853. The fraction of sp³-hybridized carbons (Fsp3) is 1.00. The predicted molar refractivity (Wildman–Crippen MR) is 37.9 cm³/mol. The zero-order valence-electron chi connectivity index (χ0n) is 6.31. The van der Waals surface area contributed by atoms with Crippen LogP contribution in [0.4, 0.5) is 0 Å². The van der Waals surface area contributed by atoms with Crippen LogP contribution in [0.3, 0.4) is 0 Å². The van der Waals surface area contributed by atoms with Gasteiger partial charge in [-0.2, -0.15) is 0 Å². The number of aliphatic hydroxyl groups excluding tert-OH is 1. The lowest BCUT2D eigenvalue weighted by Gasteiger charge is -2.20. The summed E-state index contributed by atoms with van der Waals surface area (Å²) >= 11 is 0. The van der Waals surface area contributed by atoms with Crippen molar-refractivity contribution in [2.24, 2.45) is 5.73 Å². The van der Waals surface area contributed by atoms with Crippen LogP contribution >= 0.6 is 0 Å². The topological polar surface area (TPSA) is 58.3 Å². The minimum Gasteiger partial charge on any atom is -0.379 e. The maximum absolute atomic E-state index is 8.75. The maximum Gasteiger partial charge on any atom is 0.102 e. The van der Waals surface area contributed by atoms with Crippen LogP contribution in [-0.2, 0) is 0 Å². The number of aliphatic hydroxyl groups is 1. The summed E-state index contributed by atoms with van der Waals surface area (Å²) in [5.74, 6) is 0. The average molecular weight is 132 g/mol. The van der Waals surface area contributed by atoms with Crippen LogP contribution in [0.25, 0.3) is 0 Å². The molecule has 0 radical (unpaired) electrons. The van der Waals surface area contributed by atoms with Crippen molar-refractivity contribution in [3.63, 3.8) is 0 Å². The molecule has 4 N–H and O–H groups in total. The van der Waals surface area contributed by atoms with Crippen molar-refractivity contribution >= 4 is 0 Å². The first-order valence-electron chi connectivity index (χ1n) is 3.12. The van der Waals surface area contributed by atoms with Crippen LogP contribution in [0.2, 0.25) is 0 Å². The molecule has 0 heterocycles. The van der Waals surface area contributed by atoms with E-state index in [1.165, 1.54) is 0 Å². The quantitative estimate of drug-likeness (QED) is 0.460. The van der Waals surface area contributed by atoms with E-state index in [-0.39, 0.29) is 5.54 Å². The molecule has 3 heteroatoms. The van der Waals surface area contributed by atoms with Crippen LogP contribution in [-0.4, -0.2) is 23.4 Å². The first-order chi connectivity index (χ1) is 3.92. The van der Waals surface area contributed by atoms with Gasteiger partial charge in [-0.15, -0.1) is 0 Å². The monoisotopic (exact) mass is 132 g/mol. The second-order valence-corrected chi connectivity index (χ2v) is 3.05. The van der Waals surface area contributed by atoms with E-state index in [1.54, 1.807) is 6.92 Å². The molecule has 0 rings (SSSR count). The Hall–Kier alpha value is -0.120. The normalized spacial score (nSPS) is 15.7. The van der Waals surface area contributed by atoms with Gasteiger partial charge in [0.2, 0.25) is 0 Å². The molecule has 1 unspecified atom stereocenters. The molecule has 0 aromatic carbocycles. The fourth-order valence-corrected chi connectivity index (χ4v) is 0.411. The molecule has 0 bridgehead atoms. The van der Waals surface area contributed by atoms with Gasteiger partial charge in [-0.3, -0.25) is 5.32 Å². The molecule has 0 aliphatic rings. The third-order valence-electron chi connectivity index (χ3n) is 0.853. The van der Waals surface area contributed by atoms with Gasteiger partial charge in [0.05, 0.1) is 0 Å². The number of nitrogens with two attached hydrogens (primary N) is 1. The Bertz CT molecular complexity index is 75.6. The second-order valence-electron chi connectivity index (χ2n) is 3.05. The van der Waals surface area contributed by atoms with Gasteiger partial charge in [-0.1, -0.05) is 0 Å². The molecule has 0 aromatic rings. The molecule has 0 spiro atoms. The summed E-state index contributed by atoms with van der Waals surface area (Å²) in [7, 11) is 0. The fourth-order valence-electron chi connectivity index (χ4n) is 0.411. The molecular weight excluding hydrogens is 116 g/mol. The van der Waals surface area contributed by atoms with Crippen LogP contribution in [0.1, 0.15) is 20.8 Å². The van der Waals surface area contributed by atoms with Crippen molar-refractivity contribution in [1.82, 2.24) is 5.32 Å². The number of hydrogen-bond acceptors (Lipinski definition) is 3. The summed E-state index contributed by atoms with van der Waals surface area (Å²) in [6, 6.07) is 0. The van der Waals surface area contributed by atoms with E-state index in [0.29, 0.717) is 6.54 Å². The highest BCUT2D eigenvalue weighted by atomic mass is 16.3. The van der Waals surface area contributed by atoms with Gasteiger partial charge in [0.25, 0.3) is 0 Å². The zero-order valence-corrected chi connectivity index (χ0v) is 6.31. The van der Waals surface area contributed by atoms with Gasteiger partial charge >= 0.3 is 0 Å². The molecule has 0 saturated heterocycles. The maximum atomic E-state index is 8.75. The van der Waals surface area contributed by atoms with Crippen molar-refractivity contribution in [3.05, 3.63) is 0 Å². The molecule has 56 valence electrons. The summed E-state index contributed by atoms with van der Waals surface area (Å²) < 4.78 is 0. The van der Waals surface area contributed by atoms with Crippen LogP contribution in [0.5, 0.6) is 0 Å². The molecule has 0 aromatic heterocycles. The predicted octanol–water partition coefficient (Wildman–Crippen LogP) is -0.348. The molecule has 0 aliphatic carbocycles. The minimum absolute atomic E-state index is 0.239. The zero-order chi connectivity index (χ0) is 7.49. The number of hydrogen-bond donors (Lipinski definition) is 3. The Morgan fingerprint density at radius 1 is 1.67 bits per heavy atom. The van der Waals surface area contributed by atoms with Crippen molar-refractivity contribution in [1.29, 1.82) is 0 Å². The molecule has 9 heavy (non-hydrogen) atoms. The Kier molecular flexibility index (Phi) is 3.11. The van der Waals surface area contributed by atoms with E-state index in [2.05, 4.69) is 5.32 Å². The molecule has 0 fully saturated rings. The van der Waals surface area contributed by atoms with E-state index in [0.717, 1.165) is 0 Å². The minimum atomic E-state index is -0.465. The Balaban J connectivity index is 3.28. The van der Waals surface area contributed by atoms with Gasteiger partial charge in [0.1, 0.15) is 6.23 Å². The Labute approximate surface area is 56.2 Å². The summed E-state index contributed by atoms with van der Waals surface area (Å²) in [6.07, 6.45) is -0.465. The van der Waals surface area contributed by atoms with E-state index < -0.39 is 6.23 Å². The number of nitrogens with one attached hydrogen (secondary N) is 1. The average Bonchev–Trinajstić information content (AvgIpc) is 1.59. The van der Waals surface area contributed by atoms with Crippen molar-refractivity contribution in [3.8, 4) is 0 Å². The molecule has 0 aliphatic heterocycles. The van der Waals surface area contributed by atoms with Gasteiger partial charge in [-0.25, -0.2) is 0 Å². The Morgan fingerprint density at radius 2 is 2.11 bits per heavy atom. The summed E-state index contributed by atoms with van der Waals surface area (Å²) in [4.78, 5) is 0. The van der Waals surface area contributed by atoms with Gasteiger partial charge in [0.15, 0.2) is 0 Å². The highest BCUT2D eigenvalue weighted by Crippen LogP contribution is 1.92. The molecule has 3 nitrogen and oxygen atoms in total. The van der Waals surface area contributed by atoms with Crippen LogP contribution in [0.15, 0.2) is 0 Å². The van der Waals surface area contributed by atoms with Gasteiger partial charge in [0, 0.05) is 12.1 Å². The lowest BCUT2D eigenvalue weighted by molar-refractivity contribution is 0.149. The first kappa shape index (κ1) is 8.88. The lowest BCUT2D eigenvalue weighted by Crippen LogP contribution is -2.45. The Morgan fingerprint density at radius 3 is 2.22 bits per heavy atom. The highest BCUT2D eigenvalue weighted by molar-refractivity contribution is 4.74. The largest absolute Gasteiger partial charge is 0.379 e. The van der Waals surface area contributed by atoms with Crippen LogP contribution in [0, 0.1) is 0 Å². The lowest BCUT2D eigenvalue weighted by atomic mass is 10.1. The van der Waals surface area contributed by atoms with Crippen LogP contribution < -0.4 is 11.1 Å². The SMILES string of the molecule is CC(O)NCC(C)(C)N. The smallest absolute Gasteiger partial charge is 0.102 e. The molecule has 0 saturated carbocycles. The molecule has 1 atom stereocenters. The molecular formula is C6H16N2O. The van der Waals surface area contributed by atoms with E-state index in [9.17, 15) is 0 Å². The highest BCUT2D eigenvalue weighted by Gasteiger charge is 2.09. The van der Waals surface area contributed by atoms with Crippen molar-refractivity contribution < 1.29 is 5.11 Å². The summed E-state index contributed by atoms with van der Waals surface area (Å²) in [5, 5.41) is 11.6. The van der Waals surface area contributed by atoms with E-state index in [1.807, 2.05) is 13.8 Å². The third kappa shape index (κ3) is 7.88. The first-order valence-corrected chi connectivity index (χ1v) is 3.12. The number of rotatable bonds is 3. The molecule has 0 amide bonds. The van der Waals surface area contributed by atoms with Gasteiger partial charge in [-0.05, 0) is 20.8 Å². The second kappa shape index (κ2) is 3.15. The van der Waals surface area contributed by atoms with Crippen molar-refractivity contribution in [2.75, 3.05) is 6.54 Å². The standard InChI is InChI=1S/C6H16N2O/c1-5(9)8-4-6(2,3)7/h5,8-9H,4,7H2,1-3H3. The summed E-state index contributed by atoms with van der Waals surface area (Å²) in [6.45, 7) is 6.11. The summed E-state index contributed by atoms with van der Waals surface area (Å²) in [5.41, 5.74) is 5.37. The van der Waals surface area contributed by atoms with E-state index >= 15 is 0 Å². The van der Waals surface area contributed by atoms with Crippen molar-refractivity contribution in [2.45, 2.75) is 32.5 Å². The van der Waals surface area contributed by atoms with E-state index in [4.69, 9.17) is 10.8 Å². The van der Waals surface area contributed by atoms with Gasteiger partial charge < -0.3 is 10.8 Å².